The van der Waals surface area contributed by atoms with Gasteiger partial charge in [-0.2, -0.15) is 0 Å². The fraction of sp³-hybridized carbons (Fsp3) is 0.286. The summed E-state index contributed by atoms with van der Waals surface area (Å²) in [6, 6.07) is 16.3. The molecule has 0 fully saturated rings. The maximum absolute atomic E-state index is 13.4. The molecule has 0 bridgehead atoms. The summed E-state index contributed by atoms with van der Waals surface area (Å²) in [5.41, 5.74) is 2.43. The summed E-state index contributed by atoms with van der Waals surface area (Å²) in [4.78, 5) is 6.81. The van der Waals surface area contributed by atoms with Crippen LogP contribution in [-0.4, -0.2) is 37.1 Å². The molecule has 1 heterocycles. The lowest BCUT2D eigenvalue weighted by Gasteiger charge is -2.10. The number of benzene rings is 2. The van der Waals surface area contributed by atoms with Crippen molar-refractivity contribution in [2.24, 2.45) is 0 Å². The number of rotatable bonds is 7. The molecule has 3 nitrogen and oxygen atoms in total. The van der Waals surface area contributed by atoms with Gasteiger partial charge in [0.1, 0.15) is 11.6 Å². The van der Waals surface area contributed by atoms with Crippen LogP contribution in [0.1, 0.15) is 12.8 Å². The highest BCUT2D eigenvalue weighted by molar-refractivity contribution is 5.82. The lowest BCUT2D eigenvalue weighted by molar-refractivity contribution is 0.293. The van der Waals surface area contributed by atoms with Gasteiger partial charge in [0.2, 0.25) is 0 Å². The first-order valence-electron chi connectivity index (χ1n) is 8.56. The highest BCUT2D eigenvalue weighted by atomic mass is 19.1. The highest BCUT2D eigenvalue weighted by Gasteiger charge is 2.04. The van der Waals surface area contributed by atoms with Gasteiger partial charge in [0, 0.05) is 10.9 Å². The summed E-state index contributed by atoms with van der Waals surface area (Å²) in [5, 5.41) is 1.02. The molecule has 1 aromatic heterocycles. The summed E-state index contributed by atoms with van der Waals surface area (Å²) in [7, 11) is 4.16. The monoisotopic (exact) mass is 338 g/mol. The molecule has 0 spiro atoms. The number of halogens is 1. The minimum atomic E-state index is -0.252. The van der Waals surface area contributed by atoms with Crippen molar-refractivity contribution in [3.8, 4) is 17.0 Å². The van der Waals surface area contributed by atoms with E-state index in [4.69, 9.17) is 4.74 Å². The predicted octanol–water partition coefficient (Wildman–Crippen LogP) is 4.76. The normalized spacial score (nSPS) is 11.2. The molecule has 0 atom stereocenters. The Morgan fingerprint density at radius 2 is 1.88 bits per heavy atom. The standard InChI is InChI=1S/C21H23FN2O/c1-24(2)12-3-4-13-25-19-9-11-21-17(15-19)8-10-20(23-21)16-6-5-7-18(22)14-16/h5-11,14-15H,3-4,12-13H2,1-2H3. The summed E-state index contributed by atoms with van der Waals surface area (Å²) in [5.74, 6) is 0.607. The van der Waals surface area contributed by atoms with Crippen molar-refractivity contribution in [2.75, 3.05) is 27.2 Å². The first kappa shape index (κ1) is 17.4. The van der Waals surface area contributed by atoms with E-state index in [0.717, 1.165) is 47.3 Å². The smallest absolute Gasteiger partial charge is 0.123 e. The van der Waals surface area contributed by atoms with Crippen molar-refractivity contribution >= 4 is 10.9 Å². The third-order valence-electron chi connectivity index (χ3n) is 4.05. The maximum Gasteiger partial charge on any atom is 0.123 e. The van der Waals surface area contributed by atoms with E-state index in [2.05, 4.69) is 24.0 Å². The van der Waals surface area contributed by atoms with Crippen LogP contribution in [0.2, 0.25) is 0 Å². The van der Waals surface area contributed by atoms with Crippen LogP contribution in [0.4, 0.5) is 4.39 Å². The molecule has 0 aliphatic carbocycles. The quantitative estimate of drug-likeness (QED) is 0.581. The molecule has 130 valence electrons. The van der Waals surface area contributed by atoms with Crippen LogP contribution >= 0.6 is 0 Å². The van der Waals surface area contributed by atoms with Crippen LogP contribution in [-0.2, 0) is 0 Å². The van der Waals surface area contributed by atoms with Gasteiger partial charge >= 0.3 is 0 Å². The molecule has 0 unspecified atom stereocenters. The molecule has 2 aromatic carbocycles. The molecule has 0 aliphatic heterocycles. The number of unbranched alkanes of at least 4 members (excludes halogenated alkanes) is 1. The maximum atomic E-state index is 13.4. The highest BCUT2D eigenvalue weighted by Crippen LogP contribution is 2.24. The van der Waals surface area contributed by atoms with Crippen molar-refractivity contribution in [1.29, 1.82) is 0 Å². The fourth-order valence-corrected chi connectivity index (χ4v) is 2.72. The number of fused-ring (bicyclic) bond motifs is 1. The third kappa shape index (κ3) is 4.77. The molecule has 3 aromatic rings. The average molecular weight is 338 g/mol. The Morgan fingerprint density at radius 1 is 1.00 bits per heavy atom. The Bertz CT molecular complexity index is 848. The largest absolute Gasteiger partial charge is 0.494 e. The number of pyridine rings is 1. The van der Waals surface area contributed by atoms with Crippen LogP contribution in [0.25, 0.3) is 22.2 Å². The molecule has 0 saturated heterocycles. The third-order valence-corrected chi connectivity index (χ3v) is 4.05. The molecule has 4 heteroatoms. The van der Waals surface area contributed by atoms with Crippen LogP contribution < -0.4 is 4.74 Å². The van der Waals surface area contributed by atoms with E-state index in [1.807, 2.05) is 36.4 Å². The van der Waals surface area contributed by atoms with Crippen molar-refractivity contribution in [2.45, 2.75) is 12.8 Å². The zero-order valence-electron chi connectivity index (χ0n) is 14.7. The SMILES string of the molecule is CN(C)CCCCOc1ccc2nc(-c3cccc(F)c3)ccc2c1. The van der Waals surface area contributed by atoms with Crippen LogP contribution in [0.15, 0.2) is 54.6 Å². The molecule has 25 heavy (non-hydrogen) atoms. The lowest BCUT2D eigenvalue weighted by atomic mass is 10.1. The zero-order valence-corrected chi connectivity index (χ0v) is 14.7. The predicted molar refractivity (Wildman–Crippen MR) is 100 cm³/mol. The Hall–Kier alpha value is -2.46. The van der Waals surface area contributed by atoms with E-state index in [1.165, 1.54) is 12.1 Å². The topological polar surface area (TPSA) is 25.4 Å². The molecule has 0 saturated carbocycles. The molecule has 3 rings (SSSR count). The van der Waals surface area contributed by atoms with Gasteiger partial charge in [-0.05, 0) is 69.9 Å². The van der Waals surface area contributed by atoms with Crippen LogP contribution in [0.5, 0.6) is 5.75 Å². The molecular weight excluding hydrogens is 315 g/mol. The summed E-state index contributed by atoms with van der Waals surface area (Å²) >= 11 is 0. The lowest BCUT2D eigenvalue weighted by Crippen LogP contribution is -2.13. The van der Waals surface area contributed by atoms with Gasteiger partial charge in [0.05, 0.1) is 17.8 Å². The van der Waals surface area contributed by atoms with Crippen molar-refractivity contribution in [1.82, 2.24) is 9.88 Å². The van der Waals surface area contributed by atoms with Gasteiger partial charge in [-0.3, -0.25) is 0 Å². The van der Waals surface area contributed by atoms with E-state index in [-0.39, 0.29) is 5.82 Å². The van der Waals surface area contributed by atoms with Crippen LogP contribution in [0.3, 0.4) is 0 Å². The molecule has 0 amide bonds. The second-order valence-electron chi connectivity index (χ2n) is 6.42. The minimum Gasteiger partial charge on any atom is -0.494 e. The summed E-state index contributed by atoms with van der Waals surface area (Å²) in [6.45, 7) is 1.79. The Morgan fingerprint density at radius 3 is 2.68 bits per heavy atom. The molecule has 0 N–H and O–H groups in total. The van der Waals surface area contributed by atoms with Gasteiger partial charge in [0.15, 0.2) is 0 Å². The van der Waals surface area contributed by atoms with E-state index < -0.39 is 0 Å². The number of ether oxygens (including phenoxy) is 1. The molecular formula is C21H23FN2O. The second kappa shape index (κ2) is 8.08. The first-order chi connectivity index (χ1) is 12.1. The van der Waals surface area contributed by atoms with E-state index in [0.29, 0.717) is 6.61 Å². The summed E-state index contributed by atoms with van der Waals surface area (Å²) < 4.78 is 19.2. The average Bonchev–Trinajstić information content (AvgIpc) is 2.60. The van der Waals surface area contributed by atoms with E-state index >= 15 is 0 Å². The number of nitrogens with zero attached hydrogens (tertiary/aromatic N) is 2. The van der Waals surface area contributed by atoms with Gasteiger partial charge in [-0.25, -0.2) is 9.37 Å². The second-order valence-corrected chi connectivity index (χ2v) is 6.42. The van der Waals surface area contributed by atoms with Gasteiger partial charge < -0.3 is 9.64 Å². The van der Waals surface area contributed by atoms with Crippen molar-refractivity contribution in [3.05, 3.63) is 60.4 Å². The number of hydrogen-bond acceptors (Lipinski definition) is 3. The Labute approximate surface area is 148 Å². The van der Waals surface area contributed by atoms with Gasteiger partial charge in [-0.15, -0.1) is 0 Å². The van der Waals surface area contributed by atoms with Gasteiger partial charge in [-0.1, -0.05) is 18.2 Å². The van der Waals surface area contributed by atoms with Gasteiger partial charge in [0.25, 0.3) is 0 Å². The number of aromatic nitrogens is 1. The van der Waals surface area contributed by atoms with Crippen LogP contribution in [0, 0.1) is 5.82 Å². The van der Waals surface area contributed by atoms with Crippen molar-refractivity contribution < 1.29 is 9.13 Å². The van der Waals surface area contributed by atoms with E-state index in [9.17, 15) is 4.39 Å². The molecule has 0 aliphatic rings. The van der Waals surface area contributed by atoms with E-state index in [1.54, 1.807) is 6.07 Å². The summed E-state index contributed by atoms with van der Waals surface area (Å²) in [6.07, 6.45) is 2.16. The first-order valence-corrected chi connectivity index (χ1v) is 8.56. The minimum absolute atomic E-state index is 0.252. The van der Waals surface area contributed by atoms with Crippen molar-refractivity contribution in [3.63, 3.8) is 0 Å². The Kier molecular flexibility index (Phi) is 5.61. The Balaban J connectivity index is 1.68. The molecule has 0 radical (unpaired) electrons. The zero-order chi connectivity index (χ0) is 17.6. The number of hydrogen-bond donors (Lipinski definition) is 0. The fourth-order valence-electron chi connectivity index (χ4n) is 2.72.